The van der Waals surface area contributed by atoms with Crippen molar-refractivity contribution in [2.45, 2.75) is 4.90 Å². The maximum atomic E-state index is 10.6. The van der Waals surface area contributed by atoms with Crippen LogP contribution in [0.15, 0.2) is 29.2 Å². The first-order valence-electron chi connectivity index (χ1n) is 3.91. The summed E-state index contributed by atoms with van der Waals surface area (Å²) in [5.74, 6) is 0.0841. The van der Waals surface area contributed by atoms with Gasteiger partial charge in [-0.15, -0.1) is 0 Å². The molecule has 86 valence electrons. The third kappa shape index (κ3) is 3.71. The maximum Gasteiger partial charge on any atom is 0.407 e. The molecule has 0 heterocycles. The summed E-state index contributed by atoms with van der Waals surface area (Å²) >= 11 is 0. The average Bonchev–Trinajstić information content (AvgIpc) is 2.00. The van der Waals surface area contributed by atoms with Gasteiger partial charge in [0.05, 0.1) is 0 Å². The van der Waals surface area contributed by atoms with Crippen LogP contribution in [0.25, 0.3) is 0 Å². The predicted octanol–water partition coefficient (Wildman–Crippen LogP) is 1.55. The van der Waals surface area contributed by atoms with Gasteiger partial charge in [-0.1, -0.05) is 10.3 Å². The van der Waals surface area contributed by atoms with Crippen LogP contribution in [0.1, 0.15) is 0 Å². The van der Waals surface area contributed by atoms with E-state index in [4.69, 9.17) is 9.66 Å². The van der Waals surface area contributed by atoms with Gasteiger partial charge in [0.2, 0.25) is 0 Å². The largest absolute Gasteiger partial charge is 0.508 e. The molecule has 1 aromatic rings. The summed E-state index contributed by atoms with van der Waals surface area (Å²) in [6.07, 6.45) is 3.15. The zero-order valence-corrected chi connectivity index (χ0v) is 9.88. The lowest BCUT2D eigenvalue weighted by Gasteiger charge is -2.28. The van der Waals surface area contributed by atoms with E-state index in [0.29, 0.717) is 4.90 Å². The molecule has 0 aromatic heterocycles. The molecule has 15 heavy (non-hydrogen) atoms. The van der Waals surface area contributed by atoms with Crippen LogP contribution in [-0.2, 0) is 14.0 Å². The molecule has 0 radical (unpaired) electrons. The maximum absolute atomic E-state index is 10.6. The molecular weight excluding hydrogens is 240 g/mol. The highest BCUT2D eigenvalue weighted by molar-refractivity contribution is 8.31. The van der Waals surface area contributed by atoms with Gasteiger partial charge < -0.3 is 5.11 Å². The van der Waals surface area contributed by atoms with Crippen molar-refractivity contribution in [3.05, 3.63) is 24.3 Å². The molecule has 0 fully saturated rings. The van der Waals surface area contributed by atoms with Crippen LogP contribution in [-0.4, -0.2) is 30.6 Å². The van der Waals surface area contributed by atoms with Crippen molar-refractivity contribution in [2.75, 3.05) is 12.5 Å². The van der Waals surface area contributed by atoms with E-state index >= 15 is 0 Å². The molecule has 0 spiro atoms. The minimum atomic E-state index is -4.47. The Morgan fingerprint density at radius 1 is 1.13 bits per heavy atom. The summed E-state index contributed by atoms with van der Waals surface area (Å²) < 4.78 is 34.4. The Balaban J connectivity index is 3.00. The number of hydrogen-bond donors (Lipinski definition) is 2. The second kappa shape index (κ2) is 4.01. The molecule has 0 unspecified atom stereocenters. The van der Waals surface area contributed by atoms with E-state index in [0.717, 1.165) is 0 Å². The fourth-order valence-corrected chi connectivity index (χ4v) is 3.85. The number of aromatic hydroxyl groups is 1. The van der Waals surface area contributed by atoms with Crippen LogP contribution in [0.4, 0.5) is 0 Å². The van der Waals surface area contributed by atoms with Crippen LogP contribution in [0, 0.1) is 0 Å². The van der Waals surface area contributed by atoms with E-state index in [1.54, 1.807) is 24.6 Å². The van der Waals surface area contributed by atoms with Gasteiger partial charge in [0.1, 0.15) is 5.75 Å². The summed E-state index contributed by atoms with van der Waals surface area (Å²) in [5, 5.41) is 9.06. The predicted molar refractivity (Wildman–Crippen MR) is 58.4 cm³/mol. The van der Waals surface area contributed by atoms with E-state index in [9.17, 15) is 8.42 Å². The number of benzene rings is 1. The molecule has 0 bridgehead atoms. The zero-order valence-electron chi connectivity index (χ0n) is 8.25. The molecule has 0 saturated carbocycles. The van der Waals surface area contributed by atoms with Crippen molar-refractivity contribution < 1.29 is 21.7 Å². The van der Waals surface area contributed by atoms with E-state index in [1.165, 1.54) is 12.1 Å². The fourth-order valence-electron chi connectivity index (χ4n) is 1.03. The van der Waals surface area contributed by atoms with E-state index < -0.39 is 20.7 Å². The number of rotatable bonds is 3. The average molecular weight is 252 g/mol. The van der Waals surface area contributed by atoms with Gasteiger partial charge in [-0.05, 0) is 36.8 Å². The topological polar surface area (TPSA) is 83.8 Å². The monoisotopic (exact) mass is 252 g/mol. The first-order valence-corrected chi connectivity index (χ1v) is 7.65. The molecule has 2 N–H and O–H groups in total. The summed E-state index contributed by atoms with van der Waals surface area (Å²) in [6, 6.07) is 5.96. The van der Waals surface area contributed by atoms with Gasteiger partial charge in [-0.3, -0.25) is 4.55 Å². The zero-order chi connectivity index (χ0) is 11.7. The van der Waals surface area contributed by atoms with Crippen molar-refractivity contribution in [1.29, 1.82) is 0 Å². The Morgan fingerprint density at radius 2 is 1.60 bits per heavy atom. The molecule has 0 aliphatic rings. The molecule has 1 rings (SSSR count). The lowest BCUT2D eigenvalue weighted by molar-refractivity contribution is 0.403. The first-order chi connectivity index (χ1) is 6.71. The fraction of sp³-hybridized carbons (Fsp3) is 0.250. The second-order valence-corrected chi connectivity index (χ2v) is 7.56. The van der Waals surface area contributed by atoms with Crippen LogP contribution in [0.3, 0.4) is 0 Å². The van der Waals surface area contributed by atoms with Crippen LogP contribution in [0.2, 0.25) is 0 Å². The second-order valence-electron chi connectivity index (χ2n) is 3.22. The lowest BCUT2D eigenvalue weighted by Crippen LogP contribution is -2.08. The molecule has 0 amide bonds. The van der Waals surface area contributed by atoms with Crippen LogP contribution in [0.5, 0.6) is 5.75 Å². The standard InChI is InChI=1S/C8H12O5S2/c1-14(2,13-15(10,11)12)8-5-3-7(9)4-6-8/h3-6,9H,1-2H3,(H,10,11,12). The Hall–Kier alpha value is -0.760. The highest BCUT2D eigenvalue weighted by Crippen LogP contribution is 2.51. The molecule has 0 aliphatic heterocycles. The summed E-state index contributed by atoms with van der Waals surface area (Å²) in [7, 11) is -6.55. The highest BCUT2D eigenvalue weighted by Gasteiger charge is 2.22. The Kier molecular flexibility index (Phi) is 3.29. The highest BCUT2D eigenvalue weighted by atomic mass is 32.3. The smallest absolute Gasteiger partial charge is 0.407 e. The van der Waals surface area contributed by atoms with Crippen molar-refractivity contribution in [1.82, 2.24) is 0 Å². The van der Waals surface area contributed by atoms with Crippen molar-refractivity contribution in [3.63, 3.8) is 0 Å². The summed E-state index contributed by atoms with van der Waals surface area (Å²) in [5.41, 5.74) is 0. The number of hydrogen-bond acceptors (Lipinski definition) is 4. The van der Waals surface area contributed by atoms with Crippen molar-refractivity contribution in [2.24, 2.45) is 0 Å². The Labute approximate surface area is 90.2 Å². The van der Waals surface area contributed by atoms with Crippen LogP contribution < -0.4 is 0 Å². The van der Waals surface area contributed by atoms with Gasteiger partial charge in [0.25, 0.3) is 0 Å². The van der Waals surface area contributed by atoms with Gasteiger partial charge in [-0.25, -0.2) is 0 Å². The minimum absolute atomic E-state index is 0.0841. The third-order valence-electron chi connectivity index (χ3n) is 1.66. The first kappa shape index (κ1) is 12.3. The lowest BCUT2D eigenvalue weighted by atomic mass is 10.3. The summed E-state index contributed by atoms with van der Waals surface area (Å²) in [4.78, 5) is 0.609. The van der Waals surface area contributed by atoms with E-state index in [2.05, 4.69) is 3.63 Å². The van der Waals surface area contributed by atoms with E-state index in [1.807, 2.05) is 0 Å². The molecular formula is C8H12O5S2. The normalized spacial score (nSPS) is 13.8. The van der Waals surface area contributed by atoms with E-state index in [-0.39, 0.29) is 5.75 Å². The number of phenolic OH excluding ortho intramolecular Hbond substituents is 1. The molecule has 0 atom stereocenters. The minimum Gasteiger partial charge on any atom is -0.508 e. The Bertz CT molecular complexity index is 435. The van der Waals surface area contributed by atoms with Gasteiger partial charge >= 0.3 is 10.4 Å². The quantitative estimate of drug-likeness (QED) is 0.797. The third-order valence-corrected chi connectivity index (χ3v) is 5.12. The SMILES string of the molecule is CS(C)(OS(=O)(=O)O)c1ccc(O)cc1. The molecule has 5 nitrogen and oxygen atoms in total. The molecule has 7 heteroatoms. The Morgan fingerprint density at radius 3 is 2.00 bits per heavy atom. The van der Waals surface area contributed by atoms with Gasteiger partial charge in [0, 0.05) is 4.90 Å². The molecule has 0 saturated heterocycles. The van der Waals surface area contributed by atoms with Crippen molar-refractivity contribution in [3.8, 4) is 5.75 Å². The summed E-state index contributed by atoms with van der Waals surface area (Å²) in [6.45, 7) is 0. The van der Waals surface area contributed by atoms with Crippen LogP contribution >= 0.6 is 10.3 Å². The van der Waals surface area contributed by atoms with Gasteiger partial charge in [-0.2, -0.15) is 12.0 Å². The molecule has 0 aliphatic carbocycles. The molecule has 1 aromatic carbocycles. The van der Waals surface area contributed by atoms with Crippen molar-refractivity contribution >= 4 is 20.7 Å². The number of phenols is 1. The van der Waals surface area contributed by atoms with Gasteiger partial charge in [0.15, 0.2) is 0 Å².